The molecule has 0 heterocycles. The fourth-order valence-corrected chi connectivity index (χ4v) is 1.07. The van der Waals surface area contributed by atoms with Gasteiger partial charge in [-0.1, -0.05) is 6.92 Å². The van der Waals surface area contributed by atoms with E-state index in [0.717, 1.165) is 0 Å². The normalized spacial score (nSPS) is 10.5. The molecule has 0 aliphatic carbocycles. The highest BCUT2D eigenvalue weighted by Crippen LogP contribution is 2.10. The topological polar surface area (TPSA) is 57.5 Å². The standard InChI is InChI=1S/C8H16O3/c1-2-8(11)7(3-5-9)4-6-10/h7,9-10H,2-6H2,1H3. The number of hydrogen-bond donors (Lipinski definition) is 2. The van der Waals surface area contributed by atoms with E-state index in [2.05, 4.69) is 0 Å². The van der Waals surface area contributed by atoms with Gasteiger partial charge < -0.3 is 10.2 Å². The highest BCUT2D eigenvalue weighted by Gasteiger charge is 2.14. The minimum atomic E-state index is -0.144. The molecule has 0 rings (SSSR count). The van der Waals surface area contributed by atoms with Crippen LogP contribution in [0.2, 0.25) is 0 Å². The minimum Gasteiger partial charge on any atom is -0.396 e. The molecule has 66 valence electrons. The predicted molar refractivity (Wildman–Crippen MR) is 42.2 cm³/mol. The highest BCUT2D eigenvalue weighted by molar-refractivity contribution is 5.80. The van der Waals surface area contributed by atoms with Crippen LogP contribution in [0.1, 0.15) is 26.2 Å². The van der Waals surface area contributed by atoms with E-state index in [1.54, 1.807) is 6.92 Å². The number of aliphatic hydroxyl groups excluding tert-OH is 2. The summed E-state index contributed by atoms with van der Waals surface area (Å²) in [6.07, 6.45) is 1.45. The zero-order valence-corrected chi connectivity index (χ0v) is 6.92. The van der Waals surface area contributed by atoms with Crippen molar-refractivity contribution in [3.05, 3.63) is 0 Å². The smallest absolute Gasteiger partial charge is 0.135 e. The Hall–Kier alpha value is -0.410. The summed E-state index contributed by atoms with van der Waals surface area (Å²) < 4.78 is 0. The van der Waals surface area contributed by atoms with Gasteiger partial charge in [-0.3, -0.25) is 4.79 Å². The Morgan fingerprint density at radius 1 is 1.27 bits per heavy atom. The van der Waals surface area contributed by atoms with Crippen molar-refractivity contribution >= 4 is 5.78 Å². The van der Waals surface area contributed by atoms with E-state index in [9.17, 15) is 4.79 Å². The van der Waals surface area contributed by atoms with E-state index >= 15 is 0 Å². The van der Waals surface area contributed by atoms with Crippen molar-refractivity contribution in [2.24, 2.45) is 5.92 Å². The van der Waals surface area contributed by atoms with E-state index < -0.39 is 0 Å². The van der Waals surface area contributed by atoms with Crippen LogP contribution >= 0.6 is 0 Å². The molecule has 0 saturated carbocycles. The summed E-state index contributed by atoms with van der Waals surface area (Å²) in [5.41, 5.74) is 0. The molecule has 0 atom stereocenters. The molecule has 0 aliphatic rings. The molecule has 3 heteroatoms. The zero-order valence-electron chi connectivity index (χ0n) is 6.92. The van der Waals surface area contributed by atoms with E-state index in [0.29, 0.717) is 19.3 Å². The first-order valence-electron chi connectivity index (χ1n) is 4.00. The third-order valence-electron chi connectivity index (χ3n) is 1.76. The predicted octanol–water partition coefficient (Wildman–Crippen LogP) is 0.347. The fraction of sp³-hybridized carbons (Fsp3) is 0.875. The average molecular weight is 160 g/mol. The lowest BCUT2D eigenvalue weighted by Crippen LogP contribution is -2.16. The molecule has 0 aromatic carbocycles. The first kappa shape index (κ1) is 10.6. The van der Waals surface area contributed by atoms with Gasteiger partial charge in [-0.25, -0.2) is 0 Å². The Morgan fingerprint density at radius 2 is 1.73 bits per heavy atom. The van der Waals surface area contributed by atoms with Gasteiger partial charge >= 0.3 is 0 Å². The lowest BCUT2D eigenvalue weighted by molar-refractivity contribution is -0.123. The molecule has 0 fully saturated rings. The van der Waals surface area contributed by atoms with Crippen LogP contribution in [-0.4, -0.2) is 29.2 Å². The minimum absolute atomic E-state index is 0.0242. The lowest BCUT2D eigenvalue weighted by Gasteiger charge is -2.10. The lowest BCUT2D eigenvalue weighted by atomic mass is 9.96. The molecule has 3 nitrogen and oxygen atoms in total. The summed E-state index contributed by atoms with van der Waals surface area (Å²) in [5, 5.41) is 17.1. The average Bonchev–Trinajstić information content (AvgIpc) is 2.03. The Morgan fingerprint density at radius 3 is 2.00 bits per heavy atom. The number of aliphatic hydroxyl groups is 2. The molecule has 0 bridgehead atoms. The van der Waals surface area contributed by atoms with Gasteiger partial charge in [0.1, 0.15) is 5.78 Å². The molecule has 0 spiro atoms. The second-order valence-corrected chi connectivity index (χ2v) is 2.54. The molecule has 0 aromatic rings. The van der Waals surface area contributed by atoms with Gasteiger partial charge in [-0.15, -0.1) is 0 Å². The summed E-state index contributed by atoms with van der Waals surface area (Å²) in [7, 11) is 0. The summed E-state index contributed by atoms with van der Waals surface area (Å²) in [5.74, 6) is -0.0110. The van der Waals surface area contributed by atoms with Crippen molar-refractivity contribution in [3.63, 3.8) is 0 Å². The number of ketones is 1. The van der Waals surface area contributed by atoms with Gasteiger partial charge in [-0.2, -0.15) is 0 Å². The van der Waals surface area contributed by atoms with Crippen molar-refractivity contribution in [2.75, 3.05) is 13.2 Å². The maximum atomic E-state index is 11.1. The Labute approximate surface area is 67.0 Å². The molecule has 0 radical (unpaired) electrons. The molecule has 0 aliphatic heterocycles. The number of rotatable bonds is 6. The maximum Gasteiger partial charge on any atom is 0.135 e. The quantitative estimate of drug-likeness (QED) is 0.589. The van der Waals surface area contributed by atoms with Crippen molar-refractivity contribution in [1.29, 1.82) is 0 Å². The molecule has 0 aromatic heterocycles. The van der Waals surface area contributed by atoms with Crippen LogP contribution in [0, 0.1) is 5.92 Å². The van der Waals surface area contributed by atoms with Crippen molar-refractivity contribution < 1.29 is 15.0 Å². The second kappa shape index (κ2) is 6.31. The van der Waals surface area contributed by atoms with E-state index in [1.165, 1.54) is 0 Å². The van der Waals surface area contributed by atoms with Crippen LogP contribution in [-0.2, 0) is 4.79 Å². The van der Waals surface area contributed by atoms with Crippen LogP contribution < -0.4 is 0 Å². The van der Waals surface area contributed by atoms with E-state index in [-0.39, 0.29) is 24.9 Å². The van der Waals surface area contributed by atoms with Crippen LogP contribution in [0.5, 0.6) is 0 Å². The SMILES string of the molecule is CCC(=O)C(CCO)CCO. The zero-order chi connectivity index (χ0) is 8.69. The van der Waals surface area contributed by atoms with Gasteiger partial charge in [-0.05, 0) is 12.8 Å². The van der Waals surface area contributed by atoms with Crippen LogP contribution in [0.4, 0.5) is 0 Å². The van der Waals surface area contributed by atoms with E-state index in [4.69, 9.17) is 10.2 Å². The molecule has 2 N–H and O–H groups in total. The number of carbonyl (C=O) groups excluding carboxylic acids is 1. The van der Waals surface area contributed by atoms with Crippen molar-refractivity contribution in [1.82, 2.24) is 0 Å². The molecular weight excluding hydrogens is 144 g/mol. The van der Waals surface area contributed by atoms with Crippen molar-refractivity contribution in [2.45, 2.75) is 26.2 Å². The Kier molecular flexibility index (Phi) is 6.07. The Bertz CT molecular complexity index is 106. The number of hydrogen-bond acceptors (Lipinski definition) is 3. The largest absolute Gasteiger partial charge is 0.396 e. The monoisotopic (exact) mass is 160 g/mol. The molecular formula is C8H16O3. The first-order chi connectivity index (χ1) is 5.26. The fourth-order valence-electron chi connectivity index (χ4n) is 1.07. The van der Waals surface area contributed by atoms with Gasteiger partial charge in [0.05, 0.1) is 0 Å². The second-order valence-electron chi connectivity index (χ2n) is 2.54. The van der Waals surface area contributed by atoms with Crippen molar-refractivity contribution in [3.8, 4) is 0 Å². The van der Waals surface area contributed by atoms with Gasteiger partial charge in [0.15, 0.2) is 0 Å². The summed E-state index contributed by atoms with van der Waals surface area (Å²) >= 11 is 0. The third kappa shape index (κ3) is 4.11. The van der Waals surface area contributed by atoms with Crippen LogP contribution in [0.3, 0.4) is 0 Å². The summed E-state index contributed by atoms with van der Waals surface area (Å²) in [6, 6.07) is 0. The molecule has 0 unspecified atom stereocenters. The molecule has 0 saturated heterocycles. The van der Waals surface area contributed by atoms with Gasteiger partial charge in [0, 0.05) is 25.6 Å². The van der Waals surface area contributed by atoms with Gasteiger partial charge in [0.25, 0.3) is 0 Å². The van der Waals surface area contributed by atoms with E-state index in [1.807, 2.05) is 0 Å². The van der Waals surface area contributed by atoms with Crippen LogP contribution in [0.25, 0.3) is 0 Å². The van der Waals surface area contributed by atoms with Crippen LogP contribution in [0.15, 0.2) is 0 Å². The van der Waals surface area contributed by atoms with Gasteiger partial charge in [0.2, 0.25) is 0 Å². The number of Topliss-reactive ketones (excluding diaryl/α,β-unsaturated/α-hetero) is 1. The summed E-state index contributed by atoms with van der Waals surface area (Å²) in [4.78, 5) is 11.1. The Balaban J connectivity index is 3.76. The highest BCUT2D eigenvalue weighted by atomic mass is 16.3. The molecule has 0 amide bonds. The third-order valence-corrected chi connectivity index (χ3v) is 1.76. The first-order valence-corrected chi connectivity index (χ1v) is 4.00. The molecule has 11 heavy (non-hydrogen) atoms. The number of carbonyl (C=O) groups is 1. The summed E-state index contributed by atoms with van der Waals surface area (Å²) in [6.45, 7) is 1.84. The maximum absolute atomic E-state index is 11.1.